The van der Waals surface area contributed by atoms with Gasteiger partial charge < -0.3 is 5.73 Å². The number of piperidine rings is 1. The van der Waals surface area contributed by atoms with Gasteiger partial charge in [-0.1, -0.05) is 30.7 Å². The molecule has 2 N–H and O–H groups in total. The zero-order valence-corrected chi connectivity index (χ0v) is 15.5. The summed E-state index contributed by atoms with van der Waals surface area (Å²) in [6.45, 7) is 1.60. The van der Waals surface area contributed by atoms with Crippen molar-refractivity contribution < 1.29 is 8.78 Å². The molecular weight excluding hydrogens is 358 g/mol. The number of nitrogen functional groups attached to an aromatic ring is 1. The van der Waals surface area contributed by atoms with Gasteiger partial charge in [0, 0.05) is 18.3 Å². The van der Waals surface area contributed by atoms with Crippen molar-refractivity contribution >= 4 is 5.95 Å². The van der Waals surface area contributed by atoms with Gasteiger partial charge in [-0.25, -0.2) is 18.7 Å². The van der Waals surface area contributed by atoms with Gasteiger partial charge in [0.25, 0.3) is 0 Å². The summed E-state index contributed by atoms with van der Waals surface area (Å²) in [6.07, 6.45) is 4.78. The first-order valence-electron chi connectivity index (χ1n) is 9.47. The molecule has 4 nitrogen and oxygen atoms in total. The summed E-state index contributed by atoms with van der Waals surface area (Å²) in [5.41, 5.74) is 9.30. The van der Waals surface area contributed by atoms with Crippen LogP contribution in [0.2, 0.25) is 0 Å². The lowest BCUT2D eigenvalue weighted by Gasteiger charge is -2.36. The molecule has 1 atom stereocenters. The topological polar surface area (TPSA) is 55.0 Å². The Morgan fingerprint density at radius 1 is 1.04 bits per heavy atom. The molecule has 144 valence electrons. The average molecular weight is 380 g/mol. The van der Waals surface area contributed by atoms with Gasteiger partial charge in [0.05, 0.1) is 11.7 Å². The lowest BCUT2D eigenvalue weighted by molar-refractivity contribution is 0.137. The fourth-order valence-corrected chi connectivity index (χ4v) is 3.86. The molecular formula is C22H22F2N4. The Morgan fingerprint density at radius 2 is 1.86 bits per heavy atom. The molecule has 1 aliphatic heterocycles. The number of hydrogen-bond donors (Lipinski definition) is 1. The first-order valence-corrected chi connectivity index (χ1v) is 9.47. The predicted octanol–water partition coefficient (Wildman–Crippen LogP) is 4.73. The molecule has 0 spiro atoms. The van der Waals surface area contributed by atoms with Crippen LogP contribution >= 0.6 is 0 Å². The van der Waals surface area contributed by atoms with Crippen LogP contribution in [-0.4, -0.2) is 21.4 Å². The minimum atomic E-state index is -0.299. The fraction of sp³-hybridized carbons (Fsp3) is 0.273. The fourth-order valence-electron chi connectivity index (χ4n) is 3.86. The summed E-state index contributed by atoms with van der Waals surface area (Å²) in [6, 6.07) is 13.1. The van der Waals surface area contributed by atoms with E-state index in [1.165, 1.54) is 24.3 Å². The van der Waals surface area contributed by atoms with E-state index in [9.17, 15) is 8.78 Å². The first kappa shape index (κ1) is 18.5. The maximum Gasteiger partial charge on any atom is 0.220 e. The molecule has 3 aromatic rings. The number of hydrogen-bond acceptors (Lipinski definition) is 4. The number of rotatable bonds is 4. The Hall–Kier alpha value is -2.86. The molecule has 1 saturated heterocycles. The molecule has 1 fully saturated rings. The monoisotopic (exact) mass is 380 g/mol. The van der Waals surface area contributed by atoms with Crippen molar-refractivity contribution in [3.05, 3.63) is 77.6 Å². The Balaban J connectivity index is 1.71. The molecule has 0 radical (unpaired) electrons. The first-order chi connectivity index (χ1) is 13.6. The van der Waals surface area contributed by atoms with Crippen LogP contribution in [0.5, 0.6) is 0 Å². The van der Waals surface area contributed by atoms with Crippen molar-refractivity contribution in [2.45, 2.75) is 31.8 Å². The van der Waals surface area contributed by atoms with Crippen LogP contribution in [0.25, 0.3) is 11.1 Å². The number of benzene rings is 2. The molecule has 1 aliphatic rings. The van der Waals surface area contributed by atoms with Gasteiger partial charge >= 0.3 is 0 Å². The third-order valence-corrected chi connectivity index (χ3v) is 5.20. The highest BCUT2D eigenvalue weighted by Gasteiger charge is 2.28. The van der Waals surface area contributed by atoms with Gasteiger partial charge in [0.2, 0.25) is 5.95 Å². The SMILES string of the molecule is Nc1ncc(-c2cccc(F)c2)c([C@H]2CCCCN2Cc2ccc(F)cc2)n1. The average Bonchev–Trinajstić information content (AvgIpc) is 2.70. The second-order valence-electron chi connectivity index (χ2n) is 7.15. The van der Waals surface area contributed by atoms with Gasteiger partial charge in [-0.05, 0) is 54.8 Å². The molecule has 28 heavy (non-hydrogen) atoms. The van der Waals surface area contributed by atoms with Gasteiger partial charge in [-0.3, -0.25) is 4.90 Å². The molecule has 6 heteroatoms. The Kier molecular flexibility index (Phi) is 5.30. The molecule has 0 aliphatic carbocycles. The highest BCUT2D eigenvalue weighted by atomic mass is 19.1. The van der Waals surface area contributed by atoms with E-state index >= 15 is 0 Å². The van der Waals surface area contributed by atoms with Gasteiger partial charge in [0.1, 0.15) is 11.6 Å². The van der Waals surface area contributed by atoms with E-state index in [0.717, 1.165) is 48.2 Å². The predicted molar refractivity (Wildman–Crippen MR) is 105 cm³/mol. The van der Waals surface area contributed by atoms with Crippen molar-refractivity contribution in [1.82, 2.24) is 14.9 Å². The van der Waals surface area contributed by atoms with E-state index < -0.39 is 0 Å². The molecule has 0 saturated carbocycles. The largest absolute Gasteiger partial charge is 0.368 e. The highest BCUT2D eigenvalue weighted by molar-refractivity contribution is 5.66. The van der Waals surface area contributed by atoms with Gasteiger partial charge in [0.15, 0.2) is 0 Å². The second kappa shape index (κ2) is 8.02. The third kappa shape index (κ3) is 4.02. The minimum Gasteiger partial charge on any atom is -0.368 e. The summed E-state index contributed by atoms with van der Waals surface area (Å²) in [5.74, 6) is -0.328. The van der Waals surface area contributed by atoms with Crippen molar-refractivity contribution in [2.75, 3.05) is 12.3 Å². The van der Waals surface area contributed by atoms with Crippen molar-refractivity contribution in [3.8, 4) is 11.1 Å². The van der Waals surface area contributed by atoms with E-state index in [0.29, 0.717) is 6.54 Å². The quantitative estimate of drug-likeness (QED) is 0.711. The molecule has 0 amide bonds. The van der Waals surface area contributed by atoms with Gasteiger partial charge in [-0.15, -0.1) is 0 Å². The summed E-state index contributed by atoms with van der Waals surface area (Å²) in [5, 5.41) is 0. The van der Waals surface area contributed by atoms with Crippen LogP contribution in [0.3, 0.4) is 0 Å². The number of nitrogens with zero attached hydrogens (tertiary/aromatic N) is 3. The van der Waals surface area contributed by atoms with Crippen LogP contribution in [0.1, 0.15) is 36.6 Å². The Morgan fingerprint density at radius 3 is 2.64 bits per heavy atom. The maximum absolute atomic E-state index is 13.8. The number of nitrogens with two attached hydrogens (primary N) is 1. The minimum absolute atomic E-state index is 0.0439. The maximum atomic E-state index is 13.8. The van der Waals surface area contributed by atoms with Crippen LogP contribution in [0.4, 0.5) is 14.7 Å². The second-order valence-corrected chi connectivity index (χ2v) is 7.15. The number of aromatic nitrogens is 2. The summed E-state index contributed by atoms with van der Waals surface area (Å²) in [4.78, 5) is 11.0. The zero-order valence-electron chi connectivity index (χ0n) is 15.5. The molecule has 0 bridgehead atoms. The highest BCUT2D eigenvalue weighted by Crippen LogP contribution is 2.36. The Labute approximate surface area is 163 Å². The lowest BCUT2D eigenvalue weighted by Crippen LogP contribution is -2.34. The molecule has 4 rings (SSSR count). The summed E-state index contributed by atoms with van der Waals surface area (Å²) >= 11 is 0. The van der Waals surface area contributed by atoms with Crippen LogP contribution in [0, 0.1) is 11.6 Å². The lowest BCUT2D eigenvalue weighted by atomic mass is 9.93. The van der Waals surface area contributed by atoms with E-state index in [1.54, 1.807) is 12.3 Å². The molecule has 1 aromatic heterocycles. The van der Waals surface area contributed by atoms with E-state index in [-0.39, 0.29) is 23.6 Å². The van der Waals surface area contributed by atoms with Crippen LogP contribution in [0.15, 0.2) is 54.7 Å². The standard InChI is InChI=1S/C22H22F2N4/c23-17-9-7-15(8-10-17)14-28-11-2-1-6-20(28)21-19(13-26-22(25)27-21)16-4-3-5-18(24)12-16/h3-5,7-10,12-13,20H,1-2,6,11,14H2,(H2,25,26,27)/t20-/m1/s1. The van der Waals surface area contributed by atoms with Crippen molar-refractivity contribution in [2.24, 2.45) is 0 Å². The number of anilines is 1. The van der Waals surface area contributed by atoms with E-state index in [1.807, 2.05) is 18.2 Å². The third-order valence-electron chi connectivity index (χ3n) is 5.20. The van der Waals surface area contributed by atoms with E-state index in [2.05, 4.69) is 14.9 Å². The van der Waals surface area contributed by atoms with Crippen molar-refractivity contribution in [1.29, 1.82) is 0 Å². The molecule has 0 unspecified atom stereocenters. The smallest absolute Gasteiger partial charge is 0.220 e. The zero-order chi connectivity index (χ0) is 19.5. The number of likely N-dealkylation sites (tertiary alicyclic amines) is 1. The van der Waals surface area contributed by atoms with Crippen LogP contribution < -0.4 is 5.73 Å². The summed E-state index contributed by atoms with van der Waals surface area (Å²) < 4.78 is 27.0. The van der Waals surface area contributed by atoms with Gasteiger partial charge in [-0.2, -0.15) is 0 Å². The molecule has 2 heterocycles. The van der Waals surface area contributed by atoms with E-state index in [4.69, 9.17) is 5.73 Å². The van der Waals surface area contributed by atoms with Crippen LogP contribution in [-0.2, 0) is 6.54 Å². The summed E-state index contributed by atoms with van der Waals surface area (Å²) in [7, 11) is 0. The van der Waals surface area contributed by atoms with Crippen molar-refractivity contribution in [3.63, 3.8) is 0 Å². The molecule has 2 aromatic carbocycles. The number of halogens is 2. The Bertz CT molecular complexity index is 959. The normalized spacial score (nSPS) is 17.6.